The zero-order chi connectivity index (χ0) is 13.1. The minimum absolute atomic E-state index is 0.000213. The average molecular weight is 315 g/mol. The van der Waals surface area contributed by atoms with Crippen molar-refractivity contribution in [2.24, 2.45) is 0 Å². The van der Waals surface area contributed by atoms with Gasteiger partial charge < -0.3 is 0 Å². The van der Waals surface area contributed by atoms with E-state index in [0.29, 0.717) is 10.8 Å². The molecule has 17 heavy (non-hydrogen) atoms. The van der Waals surface area contributed by atoms with Gasteiger partial charge in [-0.05, 0) is 18.2 Å². The highest BCUT2D eigenvalue weighted by Gasteiger charge is 2.19. The monoisotopic (exact) mass is 314 g/mol. The second kappa shape index (κ2) is 6.18. The second-order valence-corrected chi connectivity index (χ2v) is 8.11. The molecule has 0 N–H and O–H groups in total. The van der Waals surface area contributed by atoms with Crippen molar-refractivity contribution in [2.75, 3.05) is 17.3 Å². The summed E-state index contributed by atoms with van der Waals surface area (Å²) in [7, 11) is -4.64. The molecule has 0 amide bonds. The molecular formula is C10H12Cl2O3S2. The van der Waals surface area contributed by atoms with Crippen LogP contribution in [-0.4, -0.2) is 29.9 Å². The van der Waals surface area contributed by atoms with Gasteiger partial charge in [-0.25, -0.2) is 8.42 Å². The van der Waals surface area contributed by atoms with Gasteiger partial charge in [0.1, 0.15) is 0 Å². The van der Waals surface area contributed by atoms with Gasteiger partial charge in [0.2, 0.25) is 0 Å². The lowest BCUT2D eigenvalue weighted by atomic mass is 10.4. The van der Waals surface area contributed by atoms with Crippen molar-refractivity contribution in [3.05, 3.63) is 28.2 Å². The topological polar surface area (TPSA) is 51.2 Å². The van der Waals surface area contributed by atoms with Crippen LogP contribution >= 0.6 is 23.2 Å². The quantitative estimate of drug-likeness (QED) is 0.839. The number of hydrogen-bond acceptors (Lipinski definition) is 3. The molecule has 0 spiro atoms. The fraction of sp³-hybridized carbons (Fsp3) is 0.400. The van der Waals surface area contributed by atoms with E-state index in [2.05, 4.69) is 0 Å². The number of rotatable bonds is 5. The maximum Gasteiger partial charge on any atom is 0.180 e. The molecule has 1 atom stereocenters. The Bertz CT molecular complexity index is 526. The maximum absolute atomic E-state index is 11.9. The Hall–Kier alpha value is -0.100. The van der Waals surface area contributed by atoms with Gasteiger partial charge in [-0.2, -0.15) is 0 Å². The van der Waals surface area contributed by atoms with E-state index < -0.39 is 20.6 Å². The van der Waals surface area contributed by atoms with Crippen LogP contribution in [-0.2, 0) is 20.6 Å². The van der Waals surface area contributed by atoms with Crippen LogP contribution in [0.25, 0.3) is 0 Å². The van der Waals surface area contributed by atoms with Gasteiger partial charge in [-0.15, -0.1) is 0 Å². The van der Waals surface area contributed by atoms with Gasteiger partial charge in [-0.1, -0.05) is 30.1 Å². The third kappa shape index (κ3) is 4.25. The summed E-state index contributed by atoms with van der Waals surface area (Å²) < 4.78 is 35.1. The van der Waals surface area contributed by atoms with E-state index in [1.54, 1.807) is 6.92 Å². The van der Waals surface area contributed by atoms with E-state index in [1.807, 2.05) is 0 Å². The van der Waals surface area contributed by atoms with Gasteiger partial charge in [0, 0.05) is 27.3 Å². The van der Waals surface area contributed by atoms with Crippen LogP contribution in [0.2, 0.25) is 10.0 Å². The lowest BCUT2D eigenvalue weighted by Crippen LogP contribution is -2.15. The molecule has 0 radical (unpaired) electrons. The van der Waals surface area contributed by atoms with E-state index in [0.717, 1.165) is 0 Å². The Balaban J connectivity index is 2.97. The number of benzene rings is 1. The third-order valence-electron chi connectivity index (χ3n) is 2.13. The molecule has 0 saturated heterocycles. The Morgan fingerprint density at radius 2 is 1.94 bits per heavy atom. The van der Waals surface area contributed by atoms with Crippen molar-refractivity contribution in [3.63, 3.8) is 0 Å². The number of sulfone groups is 1. The zero-order valence-corrected chi connectivity index (χ0v) is 12.3. The van der Waals surface area contributed by atoms with Gasteiger partial charge in [0.25, 0.3) is 0 Å². The largest absolute Gasteiger partial charge is 0.260 e. The summed E-state index contributed by atoms with van der Waals surface area (Å²) in [5.74, 6) is 0.369. The smallest absolute Gasteiger partial charge is 0.180 e. The van der Waals surface area contributed by atoms with E-state index in [1.165, 1.54) is 18.2 Å². The molecule has 1 aromatic rings. The van der Waals surface area contributed by atoms with Crippen LogP contribution in [0.3, 0.4) is 0 Å². The number of hydrogen-bond donors (Lipinski definition) is 0. The van der Waals surface area contributed by atoms with Gasteiger partial charge in [0.05, 0.1) is 15.7 Å². The molecule has 1 unspecified atom stereocenters. The zero-order valence-electron chi connectivity index (χ0n) is 9.15. The Labute approximate surface area is 113 Å². The fourth-order valence-corrected chi connectivity index (χ4v) is 4.68. The minimum atomic E-state index is -3.53. The van der Waals surface area contributed by atoms with Crippen LogP contribution in [0.1, 0.15) is 6.92 Å². The van der Waals surface area contributed by atoms with E-state index in [9.17, 15) is 12.6 Å². The van der Waals surface area contributed by atoms with Gasteiger partial charge >= 0.3 is 0 Å². The van der Waals surface area contributed by atoms with Crippen molar-refractivity contribution in [2.45, 2.75) is 11.8 Å². The number of halogens is 2. The summed E-state index contributed by atoms with van der Waals surface area (Å²) in [6, 6.07) is 4.27. The predicted molar refractivity (Wildman–Crippen MR) is 72.1 cm³/mol. The summed E-state index contributed by atoms with van der Waals surface area (Å²) in [6.07, 6.45) is 0. The minimum Gasteiger partial charge on any atom is -0.260 e. The van der Waals surface area contributed by atoms with Gasteiger partial charge in [-0.3, -0.25) is 4.21 Å². The first kappa shape index (κ1) is 15.0. The summed E-state index contributed by atoms with van der Waals surface area (Å²) in [4.78, 5) is -0.000213. The average Bonchev–Trinajstić information content (AvgIpc) is 2.29. The van der Waals surface area contributed by atoms with Crippen molar-refractivity contribution in [1.29, 1.82) is 0 Å². The van der Waals surface area contributed by atoms with Crippen LogP contribution in [0, 0.1) is 0 Å². The molecular weight excluding hydrogens is 303 g/mol. The molecule has 0 aliphatic rings. The highest BCUT2D eigenvalue weighted by molar-refractivity contribution is 7.93. The standard InChI is InChI=1S/C10H12Cl2O3S2/c1-2-16(13)5-6-17(14,15)10-7-8(11)3-4-9(10)12/h3-4,7H,2,5-6H2,1H3. The molecule has 1 rings (SSSR count). The van der Waals surface area contributed by atoms with Crippen LogP contribution in [0.15, 0.2) is 23.1 Å². The molecule has 0 fully saturated rings. The first-order valence-electron chi connectivity index (χ1n) is 4.89. The molecule has 96 valence electrons. The normalized spacial score (nSPS) is 13.6. The van der Waals surface area contributed by atoms with Crippen LogP contribution < -0.4 is 0 Å². The summed E-state index contributed by atoms with van der Waals surface area (Å²) in [5, 5.41) is 0.446. The lowest BCUT2D eigenvalue weighted by Gasteiger charge is -2.06. The molecule has 0 aromatic heterocycles. The SMILES string of the molecule is CCS(=O)CCS(=O)(=O)c1cc(Cl)ccc1Cl. The molecule has 3 nitrogen and oxygen atoms in total. The van der Waals surface area contributed by atoms with Crippen molar-refractivity contribution >= 4 is 43.8 Å². The molecule has 1 aromatic carbocycles. The summed E-state index contributed by atoms with van der Waals surface area (Å²) in [6.45, 7) is 1.75. The van der Waals surface area contributed by atoms with E-state index >= 15 is 0 Å². The molecule has 0 aliphatic heterocycles. The summed E-state index contributed by atoms with van der Waals surface area (Å²) in [5.41, 5.74) is 0. The molecule has 0 saturated carbocycles. The Morgan fingerprint density at radius 3 is 2.53 bits per heavy atom. The van der Waals surface area contributed by atoms with Gasteiger partial charge in [0.15, 0.2) is 9.84 Å². The third-order valence-corrected chi connectivity index (χ3v) is 6.12. The van der Waals surface area contributed by atoms with Crippen LogP contribution in [0.5, 0.6) is 0 Å². The first-order valence-corrected chi connectivity index (χ1v) is 8.79. The fourth-order valence-electron chi connectivity index (χ4n) is 1.17. The predicted octanol–water partition coefficient (Wildman–Crippen LogP) is 2.54. The summed E-state index contributed by atoms with van der Waals surface area (Å²) >= 11 is 11.5. The lowest BCUT2D eigenvalue weighted by molar-refractivity contribution is 0.597. The molecule has 0 aliphatic carbocycles. The Kier molecular flexibility index (Phi) is 5.44. The van der Waals surface area contributed by atoms with Crippen LogP contribution in [0.4, 0.5) is 0 Å². The van der Waals surface area contributed by atoms with Crippen molar-refractivity contribution in [1.82, 2.24) is 0 Å². The van der Waals surface area contributed by atoms with E-state index in [4.69, 9.17) is 23.2 Å². The second-order valence-electron chi connectivity index (χ2n) is 3.33. The maximum atomic E-state index is 11.9. The molecule has 0 heterocycles. The Morgan fingerprint density at radius 1 is 1.29 bits per heavy atom. The van der Waals surface area contributed by atoms with Crippen molar-refractivity contribution < 1.29 is 12.6 Å². The highest BCUT2D eigenvalue weighted by atomic mass is 35.5. The van der Waals surface area contributed by atoms with Crippen molar-refractivity contribution in [3.8, 4) is 0 Å². The molecule has 7 heteroatoms. The van der Waals surface area contributed by atoms with E-state index in [-0.39, 0.29) is 21.4 Å². The highest BCUT2D eigenvalue weighted by Crippen LogP contribution is 2.25. The first-order chi connectivity index (χ1) is 7.86. The molecule has 0 bridgehead atoms.